The largest absolute Gasteiger partial charge is 0.389 e. The van der Waals surface area contributed by atoms with E-state index in [1.165, 1.54) is 23.1 Å². The minimum Gasteiger partial charge on any atom is -0.352 e. The summed E-state index contributed by atoms with van der Waals surface area (Å²) in [6.07, 6.45) is -5.67. The number of alkyl halides is 3. The summed E-state index contributed by atoms with van der Waals surface area (Å²) in [6, 6.07) is 8.93. The highest BCUT2D eigenvalue weighted by atomic mass is 35.5. The quantitative estimate of drug-likeness (QED) is 0.546. The third-order valence-electron chi connectivity index (χ3n) is 5.01. The van der Waals surface area contributed by atoms with Crippen molar-refractivity contribution in [2.24, 2.45) is 5.73 Å². The van der Waals surface area contributed by atoms with Crippen molar-refractivity contribution >= 4 is 51.3 Å². The average molecular weight is 540 g/mol. The van der Waals surface area contributed by atoms with Gasteiger partial charge in [-0.3, -0.25) is 9.59 Å². The van der Waals surface area contributed by atoms with Gasteiger partial charge in [-0.2, -0.15) is 13.2 Å². The summed E-state index contributed by atoms with van der Waals surface area (Å²) >= 11 is 5.90. The number of halogens is 5. The van der Waals surface area contributed by atoms with E-state index in [0.717, 1.165) is 0 Å². The van der Waals surface area contributed by atoms with Crippen LogP contribution in [0.2, 0.25) is 5.02 Å². The summed E-state index contributed by atoms with van der Waals surface area (Å²) in [7, 11) is -3.94. The van der Waals surface area contributed by atoms with Gasteiger partial charge in [0.05, 0.1) is 28.9 Å². The second-order valence-electron chi connectivity index (χ2n) is 7.60. The molecule has 0 aliphatic carbocycles. The fraction of sp³-hybridized carbons (Fsp3) is 0.333. The normalized spacial score (nSPS) is 17.4. The van der Waals surface area contributed by atoms with Crippen molar-refractivity contribution in [2.45, 2.75) is 36.5 Å². The van der Waals surface area contributed by atoms with Crippen LogP contribution in [0.25, 0.3) is 0 Å². The first kappa shape index (κ1) is 27.9. The van der Waals surface area contributed by atoms with E-state index in [1.807, 2.05) is 0 Å². The van der Waals surface area contributed by atoms with Gasteiger partial charge in [0, 0.05) is 23.6 Å². The summed E-state index contributed by atoms with van der Waals surface area (Å²) in [5.74, 6) is -1.93. The third kappa shape index (κ3) is 6.84. The molecule has 186 valence electrons. The molecule has 2 aromatic carbocycles. The van der Waals surface area contributed by atoms with Crippen LogP contribution in [0, 0.1) is 0 Å². The molecule has 7 nitrogen and oxygen atoms in total. The number of rotatable bonds is 6. The van der Waals surface area contributed by atoms with Gasteiger partial charge in [0.15, 0.2) is 9.84 Å². The van der Waals surface area contributed by atoms with Gasteiger partial charge >= 0.3 is 6.18 Å². The molecule has 3 rings (SSSR count). The van der Waals surface area contributed by atoms with E-state index in [0.29, 0.717) is 10.6 Å². The monoisotopic (exact) mass is 539 g/mol. The third-order valence-corrected chi connectivity index (χ3v) is 7.07. The molecule has 0 spiro atoms. The lowest BCUT2D eigenvalue weighted by molar-refractivity contribution is -0.135. The zero-order valence-corrected chi connectivity index (χ0v) is 20.0. The van der Waals surface area contributed by atoms with Crippen LogP contribution in [0.1, 0.15) is 28.8 Å². The van der Waals surface area contributed by atoms with E-state index in [4.69, 9.17) is 17.3 Å². The first-order valence-corrected chi connectivity index (χ1v) is 11.9. The Kier molecular flexibility index (Phi) is 8.98. The van der Waals surface area contributed by atoms with Crippen molar-refractivity contribution in [3.8, 4) is 0 Å². The molecule has 34 heavy (non-hydrogen) atoms. The molecule has 0 unspecified atom stereocenters. The lowest BCUT2D eigenvalue weighted by Crippen LogP contribution is -2.45. The predicted molar refractivity (Wildman–Crippen MR) is 124 cm³/mol. The molecule has 2 aromatic rings. The van der Waals surface area contributed by atoms with Crippen molar-refractivity contribution < 1.29 is 31.2 Å². The second-order valence-corrected chi connectivity index (χ2v) is 10.0. The zero-order valence-electron chi connectivity index (χ0n) is 17.6. The molecular formula is C21H22Cl2F3N3O4S. The topological polar surface area (TPSA) is 110 Å². The Balaban J connectivity index is 0.00000408. The van der Waals surface area contributed by atoms with E-state index in [9.17, 15) is 31.2 Å². The number of fused-ring (bicyclic) bond motifs is 1. The summed E-state index contributed by atoms with van der Waals surface area (Å²) in [4.78, 5) is 26.5. The van der Waals surface area contributed by atoms with Crippen LogP contribution < -0.4 is 16.0 Å². The first-order valence-electron chi connectivity index (χ1n) is 9.90. The van der Waals surface area contributed by atoms with E-state index < -0.39 is 46.0 Å². The smallest absolute Gasteiger partial charge is 0.352 e. The Morgan fingerprint density at radius 3 is 2.44 bits per heavy atom. The molecule has 0 fully saturated rings. The molecule has 2 amide bonds. The van der Waals surface area contributed by atoms with Gasteiger partial charge in [-0.15, -0.1) is 12.4 Å². The van der Waals surface area contributed by atoms with Crippen LogP contribution in [0.3, 0.4) is 0 Å². The van der Waals surface area contributed by atoms with E-state index >= 15 is 0 Å². The second kappa shape index (κ2) is 10.9. The SMILES string of the molecule is Cl.N[C@H]1CS(=O)(=O)c2ccc(C(=O)NCCCC(F)(F)F)cc2N(Cc2ccc(Cl)cc2)C1=O. The first-order chi connectivity index (χ1) is 15.4. The molecule has 0 aromatic heterocycles. The molecule has 0 saturated carbocycles. The Labute approximate surface area is 205 Å². The molecule has 1 heterocycles. The predicted octanol–water partition coefficient (Wildman–Crippen LogP) is 3.48. The van der Waals surface area contributed by atoms with Crippen molar-refractivity contribution in [3.05, 3.63) is 58.6 Å². The fourth-order valence-corrected chi connectivity index (χ4v) is 5.06. The molecule has 1 aliphatic heterocycles. The number of anilines is 1. The number of amides is 2. The van der Waals surface area contributed by atoms with Gasteiger partial charge in [-0.25, -0.2) is 8.42 Å². The molecule has 0 radical (unpaired) electrons. The van der Waals surface area contributed by atoms with E-state index in [-0.39, 0.29) is 48.1 Å². The number of nitrogens with one attached hydrogen (secondary N) is 1. The highest BCUT2D eigenvalue weighted by molar-refractivity contribution is 7.91. The highest BCUT2D eigenvalue weighted by Crippen LogP contribution is 2.32. The van der Waals surface area contributed by atoms with E-state index in [2.05, 4.69) is 5.32 Å². The summed E-state index contributed by atoms with van der Waals surface area (Å²) < 4.78 is 62.5. The zero-order chi connectivity index (χ0) is 24.4. The number of nitrogens with two attached hydrogens (primary N) is 1. The van der Waals surface area contributed by atoms with Crippen molar-refractivity contribution in [1.29, 1.82) is 0 Å². The summed E-state index contributed by atoms with van der Waals surface area (Å²) in [5, 5.41) is 2.85. The van der Waals surface area contributed by atoms with Gasteiger partial charge in [0.25, 0.3) is 5.91 Å². The van der Waals surface area contributed by atoms with E-state index in [1.54, 1.807) is 24.3 Å². The van der Waals surface area contributed by atoms with Crippen molar-refractivity contribution in [3.63, 3.8) is 0 Å². The molecule has 13 heteroatoms. The standard InChI is InChI=1S/C21H21ClF3N3O4S.ClH/c22-15-5-2-13(3-6-15)11-28-17-10-14(19(29)27-9-1-8-21(23,24)25)4-7-18(17)33(31,32)12-16(26)20(28)30;/h2-7,10,16H,1,8-9,11-12,26H2,(H,27,29);1H/t16-;/m0./s1. The van der Waals surface area contributed by atoms with Crippen LogP contribution in [0.4, 0.5) is 18.9 Å². The van der Waals surface area contributed by atoms with Crippen LogP contribution in [-0.2, 0) is 21.2 Å². The van der Waals surface area contributed by atoms with Gasteiger partial charge in [0.2, 0.25) is 5.91 Å². The minimum atomic E-state index is -4.33. The lowest BCUT2D eigenvalue weighted by atomic mass is 10.1. The number of nitrogens with zero attached hydrogens (tertiary/aromatic N) is 1. The maximum absolute atomic E-state index is 13.0. The molecule has 0 bridgehead atoms. The lowest BCUT2D eigenvalue weighted by Gasteiger charge is -2.24. The Morgan fingerprint density at radius 2 is 1.82 bits per heavy atom. The average Bonchev–Trinajstić information content (AvgIpc) is 2.80. The van der Waals surface area contributed by atoms with Crippen LogP contribution in [0.15, 0.2) is 47.4 Å². The molecule has 1 atom stereocenters. The van der Waals surface area contributed by atoms with Gasteiger partial charge in [-0.05, 0) is 42.3 Å². The van der Waals surface area contributed by atoms with Crippen LogP contribution in [-0.4, -0.2) is 44.7 Å². The highest BCUT2D eigenvalue weighted by Gasteiger charge is 2.36. The van der Waals surface area contributed by atoms with Crippen LogP contribution >= 0.6 is 24.0 Å². The van der Waals surface area contributed by atoms with Gasteiger partial charge in [-0.1, -0.05) is 23.7 Å². The van der Waals surface area contributed by atoms with Crippen molar-refractivity contribution in [1.82, 2.24) is 5.32 Å². The molecular weight excluding hydrogens is 518 g/mol. The van der Waals surface area contributed by atoms with Crippen LogP contribution in [0.5, 0.6) is 0 Å². The number of carbonyl (C=O) groups excluding carboxylic acids is 2. The Bertz CT molecular complexity index is 1160. The van der Waals surface area contributed by atoms with Gasteiger partial charge < -0.3 is 16.0 Å². The number of sulfone groups is 1. The van der Waals surface area contributed by atoms with Gasteiger partial charge in [0.1, 0.15) is 0 Å². The molecule has 1 aliphatic rings. The van der Waals surface area contributed by atoms with Crippen molar-refractivity contribution in [2.75, 3.05) is 17.2 Å². The minimum absolute atomic E-state index is 0. The Hall–Kier alpha value is -2.34. The number of hydrogen-bond donors (Lipinski definition) is 2. The molecule has 0 saturated heterocycles. The maximum atomic E-state index is 13.0. The number of carbonyl (C=O) groups is 2. The number of hydrogen-bond acceptors (Lipinski definition) is 5. The molecule has 3 N–H and O–H groups in total. The fourth-order valence-electron chi connectivity index (χ4n) is 3.38. The summed E-state index contributed by atoms with van der Waals surface area (Å²) in [6.45, 7) is -0.241. The summed E-state index contributed by atoms with van der Waals surface area (Å²) in [5.41, 5.74) is 6.48. The maximum Gasteiger partial charge on any atom is 0.389 e. The number of benzene rings is 2. The Morgan fingerprint density at radius 1 is 1.18 bits per heavy atom.